The lowest BCUT2D eigenvalue weighted by atomic mass is 10.3. The number of aromatic nitrogens is 1. The van der Waals surface area contributed by atoms with Crippen molar-refractivity contribution < 1.29 is 9.13 Å². The normalized spacial score (nSPS) is 10.5. The minimum atomic E-state index is -0.244. The first-order chi connectivity index (χ1) is 9.15. The number of halogens is 1. The first-order valence-electron chi connectivity index (χ1n) is 6.17. The standard InChI is InChI=1S/C14H17FN2OS/c1-11-10-16-14(19-11)17(2)8-3-9-18-13-6-4-12(15)5-7-13/h4-7,10H,3,8-9H2,1-2H3. The molecule has 5 heteroatoms. The Morgan fingerprint density at radius 1 is 1.32 bits per heavy atom. The zero-order chi connectivity index (χ0) is 13.7. The molecule has 2 rings (SSSR count). The van der Waals surface area contributed by atoms with Gasteiger partial charge in [0, 0.05) is 24.7 Å². The van der Waals surface area contributed by atoms with Crippen LogP contribution in [-0.4, -0.2) is 25.2 Å². The summed E-state index contributed by atoms with van der Waals surface area (Å²) in [5, 5.41) is 1.03. The topological polar surface area (TPSA) is 25.4 Å². The Balaban J connectivity index is 1.70. The summed E-state index contributed by atoms with van der Waals surface area (Å²) in [6.45, 7) is 3.54. The number of nitrogens with zero attached hydrogens (tertiary/aromatic N) is 2. The van der Waals surface area contributed by atoms with Crippen molar-refractivity contribution in [3.63, 3.8) is 0 Å². The highest BCUT2D eigenvalue weighted by Crippen LogP contribution is 2.20. The van der Waals surface area contributed by atoms with Crippen LogP contribution >= 0.6 is 11.3 Å². The van der Waals surface area contributed by atoms with E-state index in [0.717, 1.165) is 18.1 Å². The van der Waals surface area contributed by atoms with Gasteiger partial charge in [0.15, 0.2) is 5.13 Å². The second-order valence-electron chi connectivity index (χ2n) is 4.33. The fourth-order valence-electron chi connectivity index (χ4n) is 1.64. The van der Waals surface area contributed by atoms with E-state index in [9.17, 15) is 4.39 Å². The maximum atomic E-state index is 12.7. The molecule has 3 nitrogen and oxygen atoms in total. The smallest absolute Gasteiger partial charge is 0.185 e. The molecule has 102 valence electrons. The van der Waals surface area contributed by atoms with Crippen LogP contribution in [0.1, 0.15) is 11.3 Å². The maximum Gasteiger partial charge on any atom is 0.185 e. The van der Waals surface area contributed by atoms with Gasteiger partial charge < -0.3 is 9.64 Å². The third kappa shape index (κ3) is 4.21. The van der Waals surface area contributed by atoms with Gasteiger partial charge in [0.05, 0.1) is 6.61 Å². The van der Waals surface area contributed by atoms with Crippen LogP contribution in [0.25, 0.3) is 0 Å². The Morgan fingerprint density at radius 2 is 2.05 bits per heavy atom. The van der Waals surface area contributed by atoms with Crippen LogP contribution in [0.3, 0.4) is 0 Å². The number of aryl methyl sites for hydroxylation is 1. The van der Waals surface area contributed by atoms with E-state index in [-0.39, 0.29) is 5.82 Å². The van der Waals surface area contributed by atoms with Crippen molar-refractivity contribution >= 4 is 16.5 Å². The summed E-state index contributed by atoms with van der Waals surface area (Å²) in [4.78, 5) is 7.65. The highest BCUT2D eigenvalue weighted by atomic mass is 32.1. The van der Waals surface area contributed by atoms with Gasteiger partial charge in [0.25, 0.3) is 0 Å². The first-order valence-corrected chi connectivity index (χ1v) is 6.99. The second-order valence-corrected chi connectivity index (χ2v) is 5.54. The summed E-state index contributed by atoms with van der Waals surface area (Å²) in [5.74, 6) is 0.459. The van der Waals surface area contributed by atoms with E-state index in [1.807, 2.05) is 20.2 Å². The summed E-state index contributed by atoms with van der Waals surface area (Å²) in [6.07, 6.45) is 2.78. The first kappa shape index (κ1) is 13.8. The third-order valence-corrected chi connectivity index (χ3v) is 3.68. The predicted octanol–water partition coefficient (Wildman–Crippen LogP) is 3.50. The van der Waals surface area contributed by atoms with Gasteiger partial charge in [-0.25, -0.2) is 9.37 Å². The molecule has 0 radical (unpaired) electrons. The molecule has 0 aliphatic heterocycles. The van der Waals surface area contributed by atoms with Gasteiger partial charge in [-0.2, -0.15) is 0 Å². The SMILES string of the molecule is Cc1cnc(N(C)CCCOc2ccc(F)cc2)s1. The molecule has 0 unspecified atom stereocenters. The number of rotatable bonds is 6. The monoisotopic (exact) mass is 280 g/mol. The number of hydrogen-bond donors (Lipinski definition) is 0. The van der Waals surface area contributed by atoms with Gasteiger partial charge in [-0.05, 0) is 37.6 Å². The third-order valence-electron chi connectivity index (χ3n) is 2.66. The molecule has 0 saturated heterocycles. The average Bonchev–Trinajstić information content (AvgIpc) is 2.83. The van der Waals surface area contributed by atoms with Gasteiger partial charge >= 0.3 is 0 Å². The average molecular weight is 280 g/mol. The van der Waals surface area contributed by atoms with Gasteiger partial charge in [-0.15, -0.1) is 11.3 Å². The van der Waals surface area contributed by atoms with E-state index in [1.165, 1.54) is 17.0 Å². The quantitative estimate of drug-likeness (QED) is 0.757. The number of thiazole rings is 1. The number of anilines is 1. The van der Waals surface area contributed by atoms with Crippen LogP contribution in [0.5, 0.6) is 5.75 Å². The summed E-state index contributed by atoms with van der Waals surface area (Å²) in [6, 6.07) is 6.09. The van der Waals surface area contributed by atoms with E-state index in [4.69, 9.17) is 4.74 Å². The molecule has 1 aromatic heterocycles. The van der Waals surface area contributed by atoms with Crippen LogP contribution in [0.4, 0.5) is 9.52 Å². The molecule has 0 aliphatic rings. The summed E-state index contributed by atoms with van der Waals surface area (Å²) >= 11 is 1.68. The minimum absolute atomic E-state index is 0.244. The molecule has 0 atom stereocenters. The molecule has 0 amide bonds. The van der Waals surface area contributed by atoms with E-state index in [2.05, 4.69) is 9.88 Å². The van der Waals surface area contributed by atoms with Crippen molar-refractivity contribution in [1.82, 2.24) is 4.98 Å². The van der Waals surface area contributed by atoms with Crippen molar-refractivity contribution in [2.24, 2.45) is 0 Å². The molecule has 0 saturated carbocycles. The molecule has 0 bridgehead atoms. The van der Waals surface area contributed by atoms with Crippen molar-refractivity contribution in [1.29, 1.82) is 0 Å². The van der Waals surface area contributed by atoms with E-state index < -0.39 is 0 Å². The van der Waals surface area contributed by atoms with Crippen LogP contribution in [0, 0.1) is 12.7 Å². The predicted molar refractivity (Wildman–Crippen MR) is 76.6 cm³/mol. The van der Waals surface area contributed by atoms with Crippen LogP contribution in [0.15, 0.2) is 30.5 Å². The highest BCUT2D eigenvalue weighted by Gasteiger charge is 2.04. The van der Waals surface area contributed by atoms with Crippen molar-refractivity contribution in [2.45, 2.75) is 13.3 Å². The zero-order valence-electron chi connectivity index (χ0n) is 11.1. The second kappa shape index (κ2) is 6.52. The molecule has 2 aromatic rings. The molecule has 0 fully saturated rings. The van der Waals surface area contributed by atoms with Gasteiger partial charge in [-0.1, -0.05) is 0 Å². The molecule has 0 aliphatic carbocycles. The minimum Gasteiger partial charge on any atom is -0.494 e. The Morgan fingerprint density at radius 3 is 2.68 bits per heavy atom. The largest absolute Gasteiger partial charge is 0.494 e. The fourth-order valence-corrected chi connectivity index (χ4v) is 2.38. The van der Waals surface area contributed by atoms with E-state index in [0.29, 0.717) is 12.4 Å². The maximum absolute atomic E-state index is 12.7. The lowest BCUT2D eigenvalue weighted by Gasteiger charge is -2.15. The van der Waals surface area contributed by atoms with Gasteiger partial charge in [0.2, 0.25) is 0 Å². The Kier molecular flexibility index (Phi) is 4.74. The fraction of sp³-hybridized carbons (Fsp3) is 0.357. The van der Waals surface area contributed by atoms with E-state index >= 15 is 0 Å². The summed E-state index contributed by atoms with van der Waals surface area (Å²) < 4.78 is 18.2. The lowest BCUT2D eigenvalue weighted by molar-refractivity contribution is 0.312. The van der Waals surface area contributed by atoms with E-state index in [1.54, 1.807) is 23.5 Å². The molecule has 0 N–H and O–H groups in total. The summed E-state index contributed by atoms with van der Waals surface area (Å²) in [7, 11) is 2.02. The molecular weight excluding hydrogens is 263 g/mol. The van der Waals surface area contributed by atoms with Crippen LogP contribution in [-0.2, 0) is 0 Å². The molecule has 19 heavy (non-hydrogen) atoms. The van der Waals surface area contributed by atoms with Gasteiger partial charge in [-0.3, -0.25) is 0 Å². The molecule has 1 aromatic carbocycles. The van der Waals surface area contributed by atoms with Crippen molar-refractivity contribution in [2.75, 3.05) is 25.1 Å². The number of ether oxygens (including phenoxy) is 1. The molecule has 0 spiro atoms. The van der Waals surface area contributed by atoms with Crippen LogP contribution in [0.2, 0.25) is 0 Å². The molecule has 1 heterocycles. The zero-order valence-corrected chi connectivity index (χ0v) is 11.9. The van der Waals surface area contributed by atoms with Crippen molar-refractivity contribution in [3.8, 4) is 5.75 Å². The molecular formula is C14H17FN2OS. The number of hydrogen-bond acceptors (Lipinski definition) is 4. The summed E-state index contributed by atoms with van der Waals surface area (Å²) in [5.41, 5.74) is 0. The Bertz CT molecular complexity index is 512. The highest BCUT2D eigenvalue weighted by molar-refractivity contribution is 7.15. The van der Waals surface area contributed by atoms with Crippen molar-refractivity contribution in [3.05, 3.63) is 41.2 Å². The number of benzene rings is 1. The Hall–Kier alpha value is -1.62. The van der Waals surface area contributed by atoms with Gasteiger partial charge in [0.1, 0.15) is 11.6 Å². The Labute approximate surface area is 116 Å². The lowest BCUT2D eigenvalue weighted by Crippen LogP contribution is -2.20. The van der Waals surface area contributed by atoms with Crippen LogP contribution < -0.4 is 9.64 Å².